The molecule has 3 atom stereocenters. The van der Waals surface area contributed by atoms with Gasteiger partial charge >= 0.3 is 0 Å². The molecule has 1 unspecified atom stereocenters. The predicted octanol–water partition coefficient (Wildman–Crippen LogP) is 2.69. The fraction of sp³-hybridized carbons (Fsp3) is 1.00. The van der Waals surface area contributed by atoms with Gasteiger partial charge in [-0.2, -0.15) is 0 Å². The standard InChI is InChI=1S/C10H16/c1-6-7-4-8(5-7)10-3-2-9(6)10/h6-10H,2-5H2,1H3/t6?,7?,8?,9-,10+/m1/s1. The topological polar surface area (TPSA) is 0 Å². The van der Waals surface area contributed by atoms with Gasteiger partial charge in [-0.15, -0.1) is 0 Å². The van der Waals surface area contributed by atoms with Gasteiger partial charge in [0.2, 0.25) is 0 Å². The molecule has 0 radical (unpaired) electrons. The number of hydrogen-bond acceptors (Lipinski definition) is 0. The van der Waals surface area contributed by atoms with Crippen LogP contribution < -0.4 is 0 Å². The first-order valence-corrected chi connectivity index (χ1v) is 4.86. The minimum Gasteiger partial charge on any atom is -0.0620 e. The van der Waals surface area contributed by atoms with Gasteiger partial charge in [0.1, 0.15) is 0 Å². The Labute approximate surface area is 63.0 Å². The van der Waals surface area contributed by atoms with E-state index in [9.17, 15) is 0 Å². The Morgan fingerprint density at radius 1 is 0.900 bits per heavy atom. The molecule has 4 rings (SSSR count). The summed E-state index contributed by atoms with van der Waals surface area (Å²) in [7, 11) is 0. The summed E-state index contributed by atoms with van der Waals surface area (Å²) in [5.41, 5.74) is 0. The lowest BCUT2D eigenvalue weighted by atomic mass is 9.45. The van der Waals surface area contributed by atoms with E-state index in [2.05, 4.69) is 6.92 Å². The Morgan fingerprint density at radius 3 is 2.00 bits per heavy atom. The van der Waals surface area contributed by atoms with Crippen molar-refractivity contribution >= 4 is 0 Å². The van der Waals surface area contributed by atoms with Gasteiger partial charge in [0.25, 0.3) is 0 Å². The molecule has 0 aromatic heterocycles. The summed E-state index contributed by atoms with van der Waals surface area (Å²) in [5, 5.41) is 0. The van der Waals surface area contributed by atoms with E-state index in [1.165, 1.54) is 17.8 Å². The van der Waals surface area contributed by atoms with Crippen molar-refractivity contribution in [2.75, 3.05) is 0 Å². The molecule has 10 heavy (non-hydrogen) atoms. The first kappa shape index (κ1) is 5.62. The second kappa shape index (κ2) is 1.60. The summed E-state index contributed by atoms with van der Waals surface area (Å²) in [5.74, 6) is 5.83. The quantitative estimate of drug-likeness (QED) is 0.480. The Hall–Kier alpha value is 0. The van der Waals surface area contributed by atoms with Crippen molar-refractivity contribution < 1.29 is 0 Å². The molecule has 4 aliphatic carbocycles. The van der Waals surface area contributed by atoms with Crippen LogP contribution in [-0.4, -0.2) is 0 Å². The highest BCUT2D eigenvalue weighted by Crippen LogP contribution is 2.61. The molecule has 4 saturated carbocycles. The molecule has 0 aliphatic heterocycles. The van der Waals surface area contributed by atoms with Crippen LogP contribution in [-0.2, 0) is 0 Å². The molecular formula is C10H16. The highest BCUT2D eigenvalue weighted by atomic mass is 14.6. The lowest BCUT2D eigenvalue weighted by Gasteiger charge is -2.60. The molecule has 0 N–H and O–H groups in total. The Kier molecular flexibility index (Phi) is 0.898. The maximum absolute atomic E-state index is 2.50. The van der Waals surface area contributed by atoms with Crippen molar-refractivity contribution in [2.24, 2.45) is 29.6 Å². The molecule has 0 heteroatoms. The van der Waals surface area contributed by atoms with E-state index >= 15 is 0 Å². The molecule has 0 amide bonds. The van der Waals surface area contributed by atoms with Crippen LogP contribution in [0.25, 0.3) is 0 Å². The van der Waals surface area contributed by atoms with Gasteiger partial charge in [-0.25, -0.2) is 0 Å². The van der Waals surface area contributed by atoms with E-state index in [1.54, 1.807) is 25.7 Å². The van der Waals surface area contributed by atoms with E-state index in [-0.39, 0.29) is 0 Å². The van der Waals surface area contributed by atoms with Crippen LogP contribution in [0.15, 0.2) is 0 Å². The summed E-state index contributed by atoms with van der Waals surface area (Å²) in [6.45, 7) is 2.50. The molecule has 0 aromatic carbocycles. The van der Waals surface area contributed by atoms with Crippen molar-refractivity contribution in [1.29, 1.82) is 0 Å². The fourth-order valence-electron chi connectivity index (χ4n) is 3.63. The third kappa shape index (κ3) is 0.466. The first-order valence-electron chi connectivity index (χ1n) is 4.86. The third-order valence-corrected chi connectivity index (χ3v) is 4.62. The number of rotatable bonds is 0. The summed E-state index contributed by atoms with van der Waals surface area (Å²) >= 11 is 0. The summed E-state index contributed by atoms with van der Waals surface area (Å²) in [6, 6.07) is 0. The van der Waals surface area contributed by atoms with E-state index in [4.69, 9.17) is 0 Å². The summed E-state index contributed by atoms with van der Waals surface area (Å²) in [6.07, 6.45) is 6.34. The molecule has 4 aliphatic rings. The zero-order valence-electron chi connectivity index (χ0n) is 6.72. The summed E-state index contributed by atoms with van der Waals surface area (Å²) in [4.78, 5) is 0. The average molecular weight is 136 g/mol. The van der Waals surface area contributed by atoms with Gasteiger partial charge in [0, 0.05) is 0 Å². The van der Waals surface area contributed by atoms with Crippen LogP contribution in [0.3, 0.4) is 0 Å². The Balaban J connectivity index is 1.87. The van der Waals surface area contributed by atoms with Crippen LogP contribution in [0.4, 0.5) is 0 Å². The first-order chi connectivity index (χ1) is 4.86. The second-order valence-corrected chi connectivity index (χ2v) is 4.76. The molecule has 0 saturated heterocycles. The zero-order valence-corrected chi connectivity index (χ0v) is 6.72. The largest absolute Gasteiger partial charge is 0.0620 e. The van der Waals surface area contributed by atoms with Gasteiger partial charge in [0.05, 0.1) is 0 Å². The van der Waals surface area contributed by atoms with Crippen LogP contribution in [0.1, 0.15) is 32.6 Å². The van der Waals surface area contributed by atoms with Crippen molar-refractivity contribution in [3.63, 3.8) is 0 Å². The van der Waals surface area contributed by atoms with Crippen molar-refractivity contribution in [3.8, 4) is 0 Å². The maximum atomic E-state index is 2.50. The molecule has 0 heterocycles. The molecule has 0 nitrogen and oxygen atoms in total. The molecule has 0 spiro atoms. The van der Waals surface area contributed by atoms with E-state index < -0.39 is 0 Å². The zero-order chi connectivity index (χ0) is 6.72. The molecule has 4 fully saturated rings. The van der Waals surface area contributed by atoms with E-state index in [0.29, 0.717) is 0 Å². The molecule has 2 bridgehead atoms. The number of hydrogen-bond donors (Lipinski definition) is 0. The van der Waals surface area contributed by atoms with Gasteiger partial charge in [-0.05, 0) is 55.3 Å². The van der Waals surface area contributed by atoms with Crippen molar-refractivity contribution in [1.82, 2.24) is 0 Å². The fourth-order valence-corrected chi connectivity index (χ4v) is 3.63. The molecule has 56 valence electrons. The second-order valence-electron chi connectivity index (χ2n) is 4.76. The normalized spacial score (nSPS) is 63.9. The predicted molar refractivity (Wildman–Crippen MR) is 41.6 cm³/mol. The minimum absolute atomic E-state index is 1.10. The highest BCUT2D eigenvalue weighted by molar-refractivity contribution is 5.02. The van der Waals surface area contributed by atoms with Crippen LogP contribution >= 0.6 is 0 Å². The smallest absolute Gasteiger partial charge is 0.0354 e. The van der Waals surface area contributed by atoms with Crippen molar-refractivity contribution in [3.05, 3.63) is 0 Å². The SMILES string of the molecule is CC1C2CC(C2)[C@@H]2CC[C@H]12. The molecule has 0 aromatic rings. The van der Waals surface area contributed by atoms with Gasteiger partial charge in [-0.1, -0.05) is 6.92 Å². The Morgan fingerprint density at radius 2 is 1.60 bits per heavy atom. The van der Waals surface area contributed by atoms with Gasteiger partial charge in [0.15, 0.2) is 0 Å². The molecular weight excluding hydrogens is 120 g/mol. The maximum Gasteiger partial charge on any atom is -0.0354 e. The van der Waals surface area contributed by atoms with Gasteiger partial charge in [-0.3, -0.25) is 0 Å². The average Bonchev–Trinajstić information content (AvgIpc) is 1.69. The van der Waals surface area contributed by atoms with Crippen LogP contribution in [0.5, 0.6) is 0 Å². The van der Waals surface area contributed by atoms with Crippen molar-refractivity contribution in [2.45, 2.75) is 32.6 Å². The van der Waals surface area contributed by atoms with E-state index in [1.807, 2.05) is 0 Å². The lowest BCUT2D eigenvalue weighted by Crippen LogP contribution is -2.52. The van der Waals surface area contributed by atoms with E-state index in [0.717, 1.165) is 11.8 Å². The summed E-state index contributed by atoms with van der Waals surface area (Å²) < 4.78 is 0. The third-order valence-electron chi connectivity index (χ3n) is 4.62. The van der Waals surface area contributed by atoms with Gasteiger partial charge < -0.3 is 0 Å². The highest BCUT2D eigenvalue weighted by Gasteiger charge is 2.53. The monoisotopic (exact) mass is 136 g/mol. The van der Waals surface area contributed by atoms with Crippen LogP contribution in [0, 0.1) is 29.6 Å². The minimum atomic E-state index is 1.10. The van der Waals surface area contributed by atoms with Crippen LogP contribution in [0.2, 0.25) is 0 Å². The Bertz CT molecular complexity index is 141. The lowest BCUT2D eigenvalue weighted by molar-refractivity contribution is -0.107.